The summed E-state index contributed by atoms with van der Waals surface area (Å²) in [5.74, 6) is 0. The van der Waals surface area contributed by atoms with E-state index >= 15 is 0 Å². The molecule has 0 N–H and O–H groups in total. The quantitative estimate of drug-likeness (QED) is 0.406. The molecule has 1 nitrogen and oxygen atoms in total. The van der Waals surface area contributed by atoms with Crippen molar-refractivity contribution in [2.75, 3.05) is 0 Å². The lowest BCUT2D eigenvalue weighted by molar-refractivity contribution is 1.33. The second kappa shape index (κ2) is 4.58. The van der Waals surface area contributed by atoms with E-state index in [0.717, 1.165) is 11.3 Å². The number of benzene rings is 2. The van der Waals surface area contributed by atoms with Gasteiger partial charge in [0.1, 0.15) is 5.15 Å². The molecule has 0 atom stereocenters. The zero-order chi connectivity index (χ0) is 13.5. The Morgan fingerprint density at radius 3 is 2.50 bits per heavy atom. The molecule has 0 saturated heterocycles. The number of rotatable bonds is 1. The summed E-state index contributed by atoms with van der Waals surface area (Å²) < 4.78 is 2.57. The number of pyridine rings is 1. The zero-order valence-electron chi connectivity index (χ0n) is 10.5. The minimum absolute atomic E-state index is 0.528. The van der Waals surface area contributed by atoms with Gasteiger partial charge in [0.25, 0.3) is 0 Å². The predicted octanol–water partition coefficient (Wildman–Crippen LogP) is 5.77. The molecule has 4 aromatic rings. The van der Waals surface area contributed by atoms with Gasteiger partial charge >= 0.3 is 0 Å². The summed E-state index contributed by atoms with van der Waals surface area (Å²) in [6.07, 6.45) is 0. The van der Waals surface area contributed by atoms with E-state index in [1.54, 1.807) is 17.4 Å². The molecular formula is C17H10ClNS. The Bertz CT molecular complexity index is 926. The maximum Gasteiger partial charge on any atom is 0.129 e. The van der Waals surface area contributed by atoms with Gasteiger partial charge in [-0.3, -0.25) is 0 Å². The highest BCUT2D eigenvalue weighted by Gasteiger charge is 2.10. The fraction of sp³-hybridized carbons (Fsp3) is 0. The second-order valence-corrected chi connectivity index (χ2v) is 6.07. The Kier molecular flexibility index (Phi) is 2.72. The summed E-state index contributed by atoms with van der Waals surface area (Å²) >= 11 is 7.82. The first-order valence-corrected chi connectivity index (χ1v) is 7.55. The predicted molar refractivity (Wildman–Crippen MR) is 87.6 cm³/mol. The molecule has 0 aliphatic heterocycles. The van der Waals surface area contributed by atoms with Crippen LogP contribution in [0.5, 0.6) is 0 Å². The minimum Gasteiger partial charge on any atom is -0.236 e. The summed E-state index contributed by atoms with van der Waals surface area (Å²) in [6.45, 7) is 0. The van der Waals surface area contributed by atoms with Crippen molar-refractivity contribution in [3.63, 3.8) is 0 Å². The van der Waals surface area contributed by atoms with E-state index in [0.29, 0.717) is 5.15 Å². The molecule has 4 rings (SSSR count). The van der Waals surface area contributed by atoms with Crippen molar-refractivity contribution in [3.8, 4) is 11.3 Å². The summed E-state index contributed by atoms with van der Waals surface area (Å²) in [7, 11) is 0. The Morgan fingerprint density at radius 2 is 1.60 bits per heavy atom. The number of nitrogens with zero attached hydrogens (tertiary/aromatic N) is 1. The largest absolute Gasteiger partial charge is 0.236 e. The average Bonchev–Trinajstić information content (AvgIpc) is 2.86. The van der Waals surface area contributed by atoms with Gasteiger partial charge < -0.3 is 0 Å². The Labute approximate surface area is 125 Å². The molecule has 0 bridgehead atoms. The molecule has 2 aromatic carbocycles. The first-order chi connectivity index (χ1) is 9.83. The van der Waals surface area contributed by atoms with Crippen molar-refractivity contribution in [2.45, 2.75) is 0 Å². The van der Waals surface area contributed by atoms with Gasteiger partial charge in [-0.15, -0.1) is 11.3 Å². The van der Waals surface area contributed by atoms with Gasteiger partial charge in [-0.25, -0.2) is 4.98 Å². The maximum absolute atomic E-state index is 6.02. The standard InChI is InChI=1S/C17H10ClNS/c18-16-10-4-8-14(19-16)13-7-3-6-12-11-5-1-2-9-15(11)20-17(12)13/h1-10H. The number of halogens is 1. The highest BCUT2D eigenvalue weighted by molar-refractivity contribution is 7.26. The molecule has 0 unspecified atom stereocenters. The van der Waals surface area contributed by atoms with E-state index in [1.165, 1.54) is 20.2 Å². The van der Waals surface area contributed by atoms with E-state index in [9.17, 15) is 0 Å². The van der Waals surface area contributed by atoms with E-state index in [-0.39, 0.29) is 0 Å². The molecule has 20 heavy (non-hydrogen) atoms. The second-order valence-electron chi connectivity index (χ2n) is 4.63. The lowest BCUT2D eigenvalue weighted by Gasteiger charge is -2.02. The molecule has 0 aliphatic carbocycles. The van der Waals surface area contributed by atoms with Crippen LogP contribution in [0.4, 0.5) is 0 Å². The Hall–Kier alpha value is -1.90. The van der Waals surface area contributed by atoms with Crippen molar-refractivity contribution < 1.29 is 0 Å². The number of hydrogen-bond donors (Lipinski definition) is 0. The van der Waals surface area contributed by atoms with Crippen LogP contribution in [0.2, 0.25) is 5.15 Å². The molecule has 0 radical (unpaired) electrons. The molecular weight excluding hydrogens is 286 g/mol. The molecule has 0 amide bonds. The third-order valence-electron chi connectivity index (χ3n) is 3.40. The SMILES string of the molecule is Clc1cccc(-c2cccc3c2sc2ccccc23)n1. The monoisotopic (exact) mass is 295 g/mol. The fourth-order valence-electron chi connectivity index (χ4n) is 2.51. The number of hydrogen-bond acceptors (Lipinski definition) is 2. The molecule has 0 spiro atoms. The zero-order valence-corrected chi connectivity index (χ0v) is 12.1. The van der Waals surface area contributed by atoms with Crippen molar-refractivity contribution >= 4 is 43.1 Å². The van der Waals surface area contributed by atoms with Gasteiger partial charge in [0.2, 0.25) is 0 Å². The van der Waals surface area contributed by atoms with E-state index in [1.807, 2.05) is 12.1 Å². The Morgan fingerprint density at radius 1 is 0.800 bits per heavy atom. The van der Waals surface area contributed by atoms with Crippen LogP contribution in [-0.4, -0.2) is 4.98 Å². The highest BCUT2D eigenvalue weighted by Crippen LogP contribution is 2.39. The topological polar surface area (TPSA) is 12.9 Å². The molecule has 3 heteroatoms. The van der Waals surface area contributed by atoms with Crippen LogP contribution in [0.25, 0.3) is 31.4 Å². The molecule has 2 aromatic heterocycles. The van der Waals surface area contributed by atoms with Crippen molar-refractivity contribution in [2.24, 2.45) is 0 Å². The lowest BCUT2D eigenvalue weighted by Crippen LogP contribution is -1.83. The van der Waals surface area contributed by atoms with Crippen LogP contribution in [0.1, 0.15) is 0 Å². The van der Waals surface area contributed by atoms with Crippen molar-refractivity contribution in [1.29, 1.82) is 0 Å². The molecule has 96 valence electrons. The van der Waals surface area contributed by atoms with Crippen LogP contribution in [0.15, 0.2) is 60.7 Å². The average molecular weight is 296 g/mol. The van der Waals surface area contributed by atoms with Crippen LogP contribution >= 0.6 is 22.9 Å². The normalized spacial score (nSPS) is 11.2. The summed E-state index contributed by atoms with van der Waals surface area (Å²) in [5.41, 5.74) is 2.07. The van der Waals surface area contributed by atoms with Gasteiger partial charge in [0.05, 0.1) is 5.69 Å². The number of aromatic nitrogens is 1. The van der Waals surface area contributed by atoms with Gasteiger partial charge in [-0.1, -0.05) is 54.1 Å². The van der Waals surface area contributed by atoms with Crippen LogP contribution in [0, 0.1) is 0 Å². The first-order valence-electron chi connectivity index (χ1n) is 6.36. The summed E-state index contributed by atoms with van der Waals surface area (Å²) in [6, 6.07) is 20.6. The van der Waals surface area contributed by atoms with Gasteiger partial charge in [-0.2, -0.15) is 0 Å². The van der Waals surface area contributed by atoms with Crippen LogP contribution in [-0.2, 0) is 0 Å². The third-order valence-corrected chi connectivity index (χ3v) is 4.83. The van der Waals surface area contributed by atoms with Crippen LogP contribution < -0.4 is 0 Å². The van der Waals surface area contributed by atoms with E-state index in [4.69, 9.17) is 11.6 Å². The molecule has 2 heterocycles. The molecule has 0 saturated carbocycles. The highest BCUT2D eigenvalue weighted by atomic mass is 35.5. The van der Waals surface area contributed by atoms with Crippen LogP contribution in [0.3, 0.4) is 0 Å². The van der Waals surface area contributed by atoms with Crippen molar-refractivity contribution in [1.82, 2.24) is 4.98 Å². The molecule has 0 fully saturated rings. The third kappa shape index (κ3) is 1.80. The number of thiophene rings is 1. The first kappa shape index (κ1) is 11.9. The van der Waals surface area contributed by atoms with E-state index < -0.39 is 0 Å². The van der Waals surface area contributed by atoms with Gasteiger partial charge in [0, 0.05) is 25.7 Å². The van der Waals surface area contributed by atoms with E-state index in [2.05, 4.69) is 47.4 Å². The smallest absolute Gasteiger partial charge is 0.129 e. The maximum atomic E-state index is 6.02. The summed E-state index contributed by atoms with van der Waals surface area (Å²) in [4.78, 5) is 4.44. The molecule has 0 aliphatic rings. The fourth-order valence-corrected chi connectivity index (χ4v) is 3.90. The van der Waals surface area contributed by atoms with Gasteiger partial charge in [0.15, 0.2) is 0 Å². The summed E-state index contributed by atoms with van der Waals surface area (Å²) in [5, 5.41) is 3.11. The minimum atomic E-state index is 0.528. The number of fused-ring (bicyclic) bond motifs is 3. The van der Waals surface area contributed by atoms with Crippen molar-refractivity contribution in [3.05, 3.63) is 65.8 Å². The van der Waals surface area contributed by atoms with Gasteiger partial charge in [-0.05, 0) is 18.2 Å². The lowest BCUT2D eigenvalue weighted by atomic mass is 10.1. The Balaban J connectivity index is 2.10.